The maximum Gasteiger partial charge on any atom is 0.166 e. The molecule has 1 spiro atoms. The Morgan fingerprint density at radius 3 is 3.05 bits per heavy atom. The van der Waals surface area contributed by atoms with Gasteiger partial charge in [0.1, 0.15) is 5.82 Å². The molecule has 2 N–H and O–H groups in total. The number of carbonyl (C=O) groups excluding carboxylic acids is 1. The minimum atomic E-state index is -0.519. The van der Waals surface area contributed by atoms with Crippen molar-refractivity contribution in [3.05, 3.63) is 29.6 Å². The van der Waals surface area contributed by atoms with E-state index in [-0.39, 0.29) is 23.0 Å². The Bertz CT molecular complexity index is 529. The number of halogens is 1. The lowest BCUT2D eigenvalue weighted by atomic mass is 9.81. The third-order valence-electron chi connectivity index (χ3n) is 4.22. The molecule has 0 aromatic heterocycles. The SMILES string of the molecule is Nc1ccc(C(=O)C2CCOC3(CCSC3)C2)cc1F. The van der Waals surface area contributed by atoms with E-state index in [0.717, 1.165) is 30.8 Å². The number of thioether (sulfide) groups is 1. The largest absolute Gasteiger partial charge is 0.396 e. The van der Waals surface area contributed by atoms with Gasteiger partial charge in [0, 0.05) is 23.8 Å². The highest BCUT2D eigenvalue weighted by Gasteiger charge is 2.42. The Kier molecular flexibility index (Phi) is 3.73. The Morgan fingerprint density at radius 2 is 2.35 bits per heavy atom. The van der Waals surface area contributed by atoms with Gasteiger partial charge in [0.15, 0.2) is 5.78 Å². The van der Waals surface area contributed by atoms with Crippen molar-refractivity contribution in [2.45, 2.75) is 24.9 Å². The summed E-state index contributed by atoms with van der Waals surface area (Å²) >= 11 is 1.88. The van der Waals surface area contributed by atoms with Crippen LogP contribution in [0.25, 0.3) is 0 Å². The summed E-state index contributed by atoms with van der Waals surface area (Å²) in [6, 6.07) is 4.33. The maximum atomic E-state index is 13.5. The van der Waals surface area contributed by atoms with Gasteiger partial charge in [-0.3, -0.25) is 4.79 Å². The monoisotopic (exact) mass is 295 g/mol. The summed E-state index contributed by atoms with van der Waals surface area (Å²) in [6.07, 6.45) is 2.49. The molecule has 0 radical (unpaired) electrons. The van der Waals surface area contributed by atoms with E-state index in [1.165, 1.54) is 12.1 Å². The third-order valence-corrected chi connectivity index (χ3v) is 5.44. The lowest BCUT2D eigenvalue weighted by Gasteiger charge is -2.37. The van der Waals surface area contributed by atoms with Crippen LogP contribution in [-0.2, 0) is 4.74 Å². The lowest BCUT2D eigenvalue weighted by molar-refractivity contribution is -0.0734. The number of anilines is 1. The second-order valence-electron chi connectivity index (χ2n) is 5.62. The molecule has 2 saturated heterocycles. The standard InChI is InChI=1S/C15H18FNO2S/c16-12-7-10(1-2-13(12)17)14(18)11-3-5-19-15(8-11)4-6-20-9-15/h1-2,7,11H,3-6,8-9,17H2. The Labute approximate surface area is 122 Å². The van der Waals surface area contributed by atoms with Crippen LogP contribution >= 0.6 is 11.8 Å². The first-order valence-corrected chi connectivity index (χ1v) is 8.06. The molecule has 2 fully saturated rings. The van der Waals surface area contributed by atoms with Gasteiger partial charge in [-0.2, -0.15) is 11.8 Å². The fourth-order valence-corrected chi connectivity index (χ4v) is 4.41. The summed E-state index contributed by atoms with van der Waals surface area (Å²) in [5, 5.41) is 0. The van der Waals surface area contributed by atoms with Crippen LogP contribution in [0.1, 0.15) is 29.6 Å². The highest BCUT2D eigenvalue weighted by molar-refractivity contribution is 7.99. The fraction of sp³-hybridized carbons (Fsp3) is 0.533. The van der Waals surface area contributed by atoms with Gasteiger partial charge >= 0.3 is 0 Å². The molecule has 2 aliphatic heterocycles. The second-order valence-corrected chi connectivity index (χ2v) is 6.73. The van der Waals surface area contributed by atoms with Gasteiger partial charge in [-0.1, -0.05) is 0 Å². The van der Waals surface area contributed by atoms with Crippen molar-refractivity contribution in [1.29, 1.82) is 0 Å². The summed E-state index contributed by atoms with van der Waals surface area (Å²) in [5.41, 5.74) is 5.82. The Morgan fingerprint density at radius 1 is 1.50 bits per heavy atom. The zero-order chi connectivity index (χ0) is 14.2. The topological polar surface area (TPSA) is 52.3 Å². The van der Waals surface area contributed by atoms with Crippen LogP contribution in [0.15, 0.2) is 18.2 Å². The van der Waals surface area contributed by atoms with Crippen molar-refractivity contribution in [3.63, 3.8) is 0 Å². The van der Waals surface area contributed by atoms with Gasteiger partial charge in [0.2, 0.25) is 0 Å². The lowest BCUT2D eigenvalue weighted by Crippen LogP contribution is -2.42. The second kappa shape index (κ2) is 5.37. The van der Waals surface area contributed by atoms with E-state index in [0.29, 0.717) is 12.2 Å². The molecule has 0 saturated carbocycles. The quantitative estimate of drug-likeness (QED) is 0.673. The molecule has 2 unspecified atom stereocenters. The maximum absolute atomic E-state index is 13.5. The molecule has 20 heavy (non-hydrogen) atoms. The van der Waals surface area contributed by atoms with Crippen LogP contribution in [0, 0.1) is 11.7 Å². The molecule has 2 aliphatic rings. The number of benzene rings is 1. The van der Waals surface area contributed by atoms with Gasteiger partial charge in [0.05, 0.1) is 11.3 Å². The third kappa shape index (κ3) is 2.56. The molecule has 0 amide bonds. The number of ketones is 1. The summed E-state index contributed by atoms with van der Waals surface area (Å²) in [6.45, 7) is 0.619. The molecule has 3 rings (SSSR count). The highest BCUT2D eigenvalue weighted by Crippen LogP contribution is 2.41. The molecule has 0 bridgehead atoms. The zero-order valence-electron chi connectivity index (χ0n) is 11.2. The first-order chi connectivity index (χ1) is 9.60. The number of hydrogen-bond donors (Lipinski definition) is 1. The summed E-state index contributed by atoms with van der Waals surface area (Å²) in [7, 11) is 0. The number of nitrogens with two attached hydrogens (primary N) is 1. The minimum absolute atomic E-state index is 0.0171. The Hall–Kier alpha value is -1.07. The molecule has 1 aromatic rings. The van der Waals surface area contributed by atoms with Crippen molar-refractivity contribution < 1.29 is 13.9 Å². The van der Waals surface area contributed by atoms with E-state index in [9.17, 15) is 9.18 Å². The van der Waals surface area contributed by atoms with E-state index in [1.54, 1.807) is 6.07 Å². The zero-order valence-corrected chi connectivity index (χ0v) is 12.0. The molecular formula is C15H18FNO2S. The number of rotatable bonds is 2. The predicted molar refractivity (Wildman–Crippen MR) is 78.5 cm³/mol. The van der Waals surface area contributed by atoms with Crippen LogP contribution in [-0.4, -0.2) is 29.5 Å². The first-order valence-electron chi connectivity index (χ1n) is 6.91. The summed E-state index contributed by atoms with van der Waals surface area (Å²) in [4.78, 5) is 12.5. The van der Waals surface area contributed by atoms with E-state index in [4.69, 9.17) is 10.5 Å². The average Bonchev–Trinajstić information content (AvgIpc) is 2.89. The van der Waals surface area contributed by atoms with E-state index in [2.05, 4.69) is 0 Å². The molecule has 1 aromatic carbocycles. The van der Waals surface area contributed by atoms with Gasteiger partial charge < -0.3 is 10.5 Å². The van der Waals surface area contributed by atoms with Gasteiger partial charge in [0.25, 0.3) is 0 Å². The number of ether oxygens (including phenoxy) is 1. The molecule has 3 nitrogen and oxygen atoms in total. The summed E-state index contributed by atoms with van der Waals surface area (Å²) < 4.78 is 19.4. The van der Waals surface area contributed by atoms with Crippen LogP contribution in [0.4, 0.5) is 10.1 Å². The van der Waals surface area contributed by atoms with E-state index in [1.807, 2.05) is 11.8 Å². The molecule has 2 atom stereocenters. The number of hydrogen-bond acceptors (Lipinski definition) is 4. The molecule has 5 heteroatoms. The Balaban J connectivity index is 1.77. The number of carbonyl (C=O) groups is 1. The average molecular weight is 295 g/mol. The minimum Gasteiger partial charge on any atom is -0.396 e. The highest BCUT2D eigenvalue weighted by atomic mass is 32.2. The van der Waals surface area contributed by atoms with Crippen molar-refractivity contribution in [1.82, 2.24) is 0 Å². The first kappa shape index (κ1) is 13.9. The number of nitrogen functional groups attached to an aromatic ring is 1. The molecular weight excluding hydrogens is 277 g/mol. The predicted octanol–water partition coefficient (Wildman–Crippen LogP) is 2.89. The van der Waals surface area contributed by atoms with Crippen LogP contribution < -0.4 is 5.73 Å². The normalized spacial score (nSPS) is 29.8. The number of Topliss-reactive ketones (excluding diaryl/α,β-unsaturated/α-hetero) is 1. The van der Waals surface area contributed by atoms with Crippen molar-refractivity contribution in [2.75, 3.05) is 23.8 Å². The van der Waals surface area contributed by atoms with Crippen LogP contribution in [0.5, 0.6) is 0 Å². The van der Waals surface area contributed by atoms with Crippen LogP contribution in [0.2, 0.25) is 0 Å². The van der Waals surface area contributed by atoms with E-state index < -0.39 is 5.82 Å². The molecule has 108 valence electrons. The molecule has 0 aliphatic carbocycles. The molecule has 2 heterocycles. The van der Waals surface area contributed by atoms with Crippen LogP contribution in [0.3, 0.4) is 0 Å². The smallest absolute Gasteiger partial charge is 0.166 e. The summed E-state index contributed by atoms with van der Waals surface area (Å²) in [5.74, 6) is 1.49. The van der Waals surface area contributed by atoms with Gasteiger partial charge in [-0.25, -0.2) is 4.39 Å². The van der Waals surface area contributed by atoms with Crippen molar-refractivity contribution in [2.24, 2.45) is 5.92 Å². The fourth-order valence-electron chi connectivity index (χ4n) is 3.03. The van der Waals surface area contributed by atoms with Crippen molar-refractivity contribution in [3.8, 4) is 0 Å². The van der Waals surface area contributed by atoms with E-state index >= 15 is 0 Å². The van der Waals surface area contributed by atoms with Crippen molar-refractivity contribution >= 4 is 23.2 Å². The van der Waals surface area contributed by atoms with Gasteiger partial charge in [-0.15, -0.1) is 0 Å². The van der Waals surface area contributed by atoms with Gasteiger partial charge in [-0.05, 0) is 43.2 Å².